The van der Waals surface area contributed by atoms with Gasteiger partial charge in [-0.1, -0.05) is 54.6 Å². The molecule has 0 saturated heterocycles. The topological polar surface area (TPSA) is 37.3 Å². The quantitative estimate of drug-likeness (QED) is 0.888. The molecule has 0 aromatic heterocycles. The lowest BCUT2D eigenvalue weighted by Crippen LogP contribution is -2.10. The van der Waals surface area contributed by atoms with Crippen LogP contribution in [0.2, 0.25) is 0 Å². The molecule has 20 heavy (non-hydrogen) atoms. The van der Waals surface area contributed by atoms with Gasteiger partial charge >= 0.3 is 5.97 Å². The van der Waals surface area contributed by atoms with Gasteiger partial charge in [-0.15, -0.1) is 0 Å². The average Bonchev–Trinajstić information content (AvgIpc) is 2.46. The lowest BCUT2D eigenvalue weighted by molar-refractivity contribution is -0.138. The molecule has 0 spiro atoms. The van der Waals surface area contributed by atoms with Crippen molar-refractivity contribution in [2.75, 3.05) is 0 Å². The Morgan fingerprint density at radius 1 is 1.10 bits per heavy atom. The van der Waals surface area contributed by atoms with Gasteiger partial charge in [0.15, 0.2) is 0 Å². The highest BCUT2D eigenvalue weighted by molar-refractivity contribution is 5.76. The zero-order chi connectivity index (χ0) is 14.4. The van der Waals surface area contributed by atoms with Crippen molar-refractivity contribution in [3.63, 3.8) is 0 Å². The molecule has 0 aliphatic carbocycles. The Bertz CT molecular complexity index is 588. The summed E-state index contributed by atoms with van der Waals surface area (Å²) in [6.07, 6.45) is 4.09. The molecule has 0 radical (unpaired) electrons. The molecule has 1 atom stereocenters. The van der Waals surface area contributed by atoms with Gasteiger partial charge in [-0.3, -0.25) is 4.79 Å². The molecule has 0 amide bonds. The Balaban J connectivity index is 2.09. The summed E-state index contributed by atoms with van der Waals surface area (Å²) in [6, 6.07) is 15.3. The Morgan fingerprint density at radius 3 is 2.35 bits per heavy atom. The Morgan fingerprint density at radius 2 is 1.75 bits per heavy atom. The maximum atomic E-state index is 12.9. The van der Waals surface area contributed by atoms with Crippen molar-refractivity contribution >= 4 is 12.0 Å². The first-order chi connectivity index (χ1) is 9.66. The van der Waals surface area contributed by atoms with E-state index in [9.17, 15) is 14.3 Å². The van der Waals surface area contributed by atoms with Crippen LogP contribution in [-0.2, 0) is 4.79 Å². The molecule has 1 N–H and O–H groups in total. The van der Waals surface area contributed by atoms with Gasteiger partial charge in [-0.2, -0.15) is 0 Å². The fourth-order valence-corrected chi connectivity index (χ4v) is 1.98. The van der Waals surface area contributed by atoms with Gasteiger partial charge in [-0.25, -0.2) is 4.39 Å². The minimum Gasteiger partial charge on any atom is -0.481 e. The smallest absolute Gasteiger partial charge is 0.311 e. The van der Waals surface area contributed by atoms with Gasteiger partial charge < -0.3 is 5.11 Å². The molecule has 0 aliphatic rings. The minimum atomic E-state index is -0.908. The summed E-state index contributed by atoms with van der Waals surface area (Å²) in [5.74, 6) is -1.93. The van der Waals surface area contributed by atoms with E-state index in [-0.39, 0.29) is 5.82 Å². The van der Waals surface area contributed by atoms with Gasteiger partial charge in [0, 0.05) is 0 Å². The fourth-order valence-electron chi connectivity index (χ4n) is 1.98. The number of carbonyl (C=O) groups is 1. The molecular formula is C17H15FO2. The van der Waals surface area contributed by atoms with Gasteiger partial charge in [0.1, 0.15) is 5.82 Å². The normalized spacial score (nSPS) is 12.4. The largest absolute Gasteiger partial charge is 0.481 e. The second kappa shape index (κ2) is 6.66. The molecule has 2 nitrogen and oxygen atoms in total. The monoisotopic (exact) mass is 270 g/mol. The lowest BCUT2D eigenvalue weighted by Gasteiger charge is -2.10. The fraction of sp³-hybridized carbons (Fsp3) is 0.118. The van der Waals surface area contributed by atoms with Crippen LogP contribution in [0.5, 0.6) is 0 Å². The zero-order valence-electron chi connectivity index (χ0n) is 10.9. The number of carboxylic acids is 1. The third-order valence-electron chi connectivity index (χ3n) is 3.05. The van der Waals surface area contributed by atoms with E-state index < -0.39 is 11.9 Å². The van der Waals surface area contributed by atoms with E-state index in [1.807, 2.05) is 42.5 Å². The second-order valence-corrected chi connectivity index (χ2v) is 4.49. The Kier molecular flexibility index (Phi) is 4.66. The van der Waals surface area contributed by atoms with E-state index in [4.69, 9.17) is 0 Å². The summed E-state index contributed by atoms with van der Waals surface area (Å²) in [5.41, 5.74) is 1.63. The van der Waals surface area contributed by atoms with E-state index in [1.165, 1.54) is 24.3 Å². The maximum Gasteiger partial charge on any atom is 0.311 e. The van der Waals surface area contributed by atoms with Crippen LogP contribution in [-0.4, -0.2) is 11.1 Å². The molecular weight excluding hydrogens is 255 g/mol. The van der Waals surface area contributed by atoms with Crippen molar-refractivity contribution in [2.24, 2.45) is 0 Å². The van der Waals surface area contributed by atoms with Crippen LogP contribution < -0.4 is 0 Å². The van der Waals surface area contributed by atoms with E-state index in [0.717, 1.165) is 5.56 Å². The molecule has 0 fully saturated rings. The summed E-state index contributed by atoms with van der Waals surface area (Å²) in [4.78, 5) is 11.3. The highest BCUT2D eigenvalue weighted by Gasteiger charge is 2.18. The molecule has 2 rings (SSSR count). The maximum absolute atomic E-state index is 12.9. The van der Waals surface area contributed by atoms with Crippen LogP contribution in [0.15, 0.2) is 60.7 Å². The third-order valence-corrected chi connectivity index (χ3v) is 3.05. The van der Waals surface area contributed by atoms with Crippen molar-refractivity contribution in [2.45, 2.75) is 12.3 Å². The number of hydrogen-bond acceptors (Lipinski definition) is 1. The Labute approximate surface area is 117 Å². The summed E-state index contributed by atoms with van der Waals surface area (Å²) in [5, 5.41) is 9.27. The summed E-state index contributed by atoms with van der Waals surface area (Å²) in [7, 11) is 0. The molecule has 0 bridgehead atoms. The van der Waals surface area contributed by atoms with Gasteiger partial charge in [0.2, 0.25) is 0 Å². The third kappa shape index (κ3) is 3.79. The van der Waals surface area contributed by atoms with E-state index in [1.54, 1.807) is 0 Å². The number of carboxylic acid groups (broad SMARTS) is 1. The number of aliphatic carboxylic acids is 1. The number of allylic oxidation sites excluding steroid dienone is 1. The molecule has 0 heterocycles. The first-order valence-electron chi connectivity index (χ1n) is 6.36. The van der Waals surface area contributed by atoms with Crippen LogP contribution in [0, 0.1) is 5.82 Å². The highest BCUT2D eigenvalue weighted by atomic mass is 19.1. The SMILES string of the molecule is O=C(O)C(CC=Cc1ccccc1)c1ccc(F)cc1. The predicted octanol–water partition coefficient (Wildman–Crippen LogP) is 4.10. The minimum absolute atomic E-state index is 0.363. The van der Waals surface area contributed by atoms with Crippen molar-refractivity contribution in [3.8, 4) is 0 Å². The van der Waals surface area contributed by atoms with Gasteiger partial charge in [-0.05, 0) is 29.7 Å². The zero-order valence-corrected chi connectivity index (χ0v) is 10.9. The molecule has 0 aliphatic heterocycles. The van der Waals surface area contributed by atoms with Crippen molar-refractivity contribution in [1.29, 1.82) is 0 Å². The van der Waals surface area contributed by atoms with E-state index >= 15 is 0 Å². The summed E-state index contributed by atoms with van der Waals surface area (Å²) >= 11 is 0. The van der Waals surface area contributed by atoms with Crippen molar-refractivity contribution in [1.82, 2.24) is 0 Å². The molecule has 3 heteroatoms. The first kappa shape index (κ1) is 14.0. The van der Waals surface area contributed by atoms with Crippen molar-refractivity contribution < 1.29 is 14.3 Å². The summed E-state index contributed by atoms with van der Waals surface area (Å²) in [6.45, 7) is 0. The molecule has 2 aromatic carbocycles. The molecule has 2 aromatic rings. The van der Waals surface area contributed by atoms with Gasteiger partial charge in [0.05, 0.1) is 5.92 Å². The number of rotatable bonds is 5. The van der Waals surface area contributed by atoms with Crippen LogP contribution in [0.4, 0.5) is 4.39 Å². The number of benzene rings is 2. The van der Waals surface area contributed by atoms with Gasteiger partial charge in [0.25, 0.3) is 0 Å². The van der Waals surface area contributed by atoms with E-state index in [0.29, 0.717) is 12.0 Å². The predicted molar refractivity (Wildman–Crippen MR) is 76.9 cm³/mol. The van der Waals surface area contributed by atoms with Crippen molar-refractivity contribution in [3.05, 3.63) is 77.6 Å². The van der Waals surface area contributed by atoms with Crippen LogP contribution in [0.3, 0.4) is 0 Å². The molecule has 0 saturated carbocycles. The number of hydrogen-bond donors (Lipinski definition) is 1. The standard InChI is InChI=1S/C17H15FO2/c18-15-11-9-14(10-12-15)16(17(19)20)8-4-7-13-5-2-1-3-6-13/h1-7,9-12,16H,8H2,(H,19,20). The lowest BCUT2D eigenvalue weighted by atomic mass is 9.95. The van der Waals surface area contributed by atoms with Crippen LogP contribution >= 0.6 is 0 Å². The average molecular weight is 270 g/mol. The molecule has 102 valence electrons. The second-order valence-electron chi connectivity index (χ2n) is 4.49. The van der Waals surface area contributed by atoms with Crippen LogP contribution in [0.1, 0.15) is 23.5 Å². The Hall–Kier alpha value is -2.42. The first-order valence-corrected chi connectivity index (χ1v) is 6.36. The number of halogens is 1. The molecule has 1 unspecified atom stereocenters. The summed E-state index contributed by atoms with van der Waals surface area (Å²) < 4.78 is 12.9. The highest BCUT2D eigenvalue weighted by Crippen LogP contribution is 2.21. The van der Waals surface area contributed by atoms with Crippen LogP contribution in [0.25, 0.3) is 6.08 Å². The van der Waals surface area contributed by atoms with E-state index in [2.05, 4.69) is 0 Å².